The summed E-state index contributed by atoms with van der Waals surface area (Å²) in [5.41, 5.74) is 1.12. The van der Waals surface area contributed by atoms with E-state index in [0.717, 1.165) is 4.31 Å². The molecule has 0 unspecified atom stereocenters. The summed E-state index contributed by atoms with van der Waals surface area (Å²) in [6.45, 7) is 0.314. The van der Waals surface area contributed by atoms with E-state index >= 15 is 0 Å². The number of carbonyl (C=O) groups is 1. The van der Waals surface area contributed by atoms with Crippen LogP contribution in [-0.4, -0.2) is 52.7 Å². The first-order valence-electron chi connectivity index (χ1n) is 7.84. The number of anilines is 1. The molecule has 0 bridgehead atoms. The molecule has 0 aliphatic carbocycles. The highest BCUT2D eigenvalue weighted by Gasteiger charge is 2.18. The molecule has 0 atom stereocenters. The third-order valence-corrected chi connectivity index (χ3v) is 5.56. The van der Waals surface area contributed by atoms with Gasteiger partial charge in [-0.25, -0.2) is 22.4 Å². The van der Waals surface area contributed by atoms with E-state index in [4.69, 9.17) is 0 Å². The van der Waals surface area contributed by atoms with Crippen molar-refractivity contribution in [3.05, 3.63) is 42.6 Å². The van der Waals surface area contributed by atoms with E-state index in [-0.39, 0.29) is 17.2 Å². The Morgan fingerprint density at radius 1 is 1.23 bits per heavy atom. The molecule has 136 valence electrons. The average molecular weight is 374 g/mol. The van der Waals surface area contributed by atoms with Crippen LogP contribution in [0.4, 0.5) is 5.82 Å². The van der Waals surface area contributed by atoms with Gasteiger partial charge in [-0.05, 0) is 30.3 Å². The molecule has 0 saturated carbocycles. The van der Waals surface area contributed by atoms with Crippen molar-refractivity contribution in [1.29, 1.82) is 0 Å². The lowest BCUT2D eigenvalue weighted by atomic mass is 10.3. The summed E-state index contributed by atoms with van der Waals surface area (Å²) in [5, 5.41) is 10.7. The number of fused-ring (bicyclic) bond motifs is 1. The summed E-state index contributed by atoms with van der Waals surface area (Å²) in [4.78, 5) is 16.2. The molecule has 2 aromatic heterocycles. The van der Waals surface area contributed by atoms with Crippen molar-refractivity contribution in [2.45, 2.75) is 17.9 Å². The highest BCUT2D eigenvalue weighted by Crippen LogP contribution is 2.19. The van der Waals surface area contributed by atoms with Crippen LogP contribution >= 0.6 is 0 Å². The van der Waals surface area contributed by atoms with E-state index in [1.165, 1.54) is 26.2 Å². The average Bonchev–Trinajstić information content (AvgIpc) is 3.03. The number of amides is 1. The molecule has 1 aromatic carbocycles. The van der Waals surface area contributed by atoms with Gasteiger partial charge in [0.15, 0.2) is 0 Å². The second-order valence-corrected chi connectivity index (χ2v) is 7.92. The van der Waals surface area contributed by atoms with Gasteiger partial charge >= 0.3 is 0 Å². The SMILES string of the molecule is CN(C)S(=O)(=O)c1ccc2c(c1)nnn2CCC(=O)Nc1ccccn1. The zero-order valence-corrected chi connectivity index (χ0v) is 15.1. The van der Waals surface area contributed by atoms with E-state index in [1.807, 2.05) is 0 Å². The minimum Gasteiger partial charge on any atom is -0.311 e. The molecule has 1 N–H and O–H groups in total. The lowest BCUT2D eigenvalue weighted by molar-refractivity contribution is -0.116. The van der Waals surface area contributed by atoms with Gasteiger partial charge in [-0.15, -0.1) is 5.10 Å². The quantitative estimate of drug-likeness (QED) is 0.692. The third kappa shape index (κ3) is 3.70. The Labute approximate surface area is 150 Å². The van der Waals surface area contributed by atoms with Crippen molar-refractivity contribution in [2.24, 2.45) is 0 Å². The molecule has 0 aliphatic rings. The van der Waals surface area contributed by atoms with Crippen molar-refractivity contribution in [2.75, 3.05) is 19.4 Å². The Morgan fingerprint density at radius 3 is 2.73 bits per heavy atom. The van der Waals surface area contributed by atoms with Crippen LogP contribution in [0.2, 0.25) is 0 Å². The second kappa shape index (κ2) is 7.18. The van der Waals surface area contributed by atoms with Crippen LogP contribution in [-0.2, 0) is 21.4 Å². The fraction of sp³-hybridized carbons (Fsp3) is 0.250. The largest absolute Gasteiger partial charge is 0.311 e. The predicted molar refractivity (Wildman–Crippen MR) is 95.9 cm³/mol. The maximum atomic E-state index is 12.2. The standard InChI is InChI=1S/C16H18N6O3S/c1-21(2)26(24,25)12-6-7-14-13(11-12)19-20-22(14)10-8-16(23)18-15-5-3-4-9-17-15/h3-7,9,11H,8,10H2,1-2H3,(H,17,18,23). The van der Waals surface area contributed by atoms with Crippen molar-refractivity contribution in [1.82, 2.24) is 24.3 Å². The highest BCUT2D eigenvalue weighted by atomic mass is 32.2. The molecule has 3 rings (SSSR count). The number of aryl methyl sites for hydroxylation is 1. The number of sulfonamides is 1. The van der Waals surface area contributed by atoms with Gasteiger partial charge in [0.25, 0.3) is 0 Å². The molecule has 9 nitrogen and oxygen atoms in total. The normalized spacial score (nSPS) is 11.8. The zero-order chi connectivity index (χ0) is 18.7. The molecule has 26 heavy (non-hydrogen) atoms. The summed E-state index contributed by atoms with van der Waals surface area (Å²) in [6, 6.07) is 9.88. The highest BCUT2D eigenvalue weighted by molar-refractivity contribution is 7.89. The minimum atomic E-state index is -3.53. The minimum absolute atomic E-state index is 0.148. The van der Waals surface area contributed by atoms with Crippen LogP contribution in [0.3, 0.4) is 0 Å². The van der Waals surface area contributed by atoms with Crippen LogP contribution in [0.5, 0.6) is 0 Å². The number of hydrogen-bond donors (Lipinski definition) is 1. The molecule has 0 radical (unpaired) electrons. The van der Waals surface area contributed by atoms with E-state index < -0.39 is 10.0 Å². The number of pyridine rings is 1. The molecular formula is C16H18N6O3S. The van der Waals surface area contributed by atoms with Gasteiger partial charge in [-0.3, -0.25) is 4.79 Å². The number of carbonyl (C=O) groups excluding carboxylic acids is 1. The fourth-order valence-electron chi connectivity index (χ4n) is 2.34. The molecule has 0 aliphatic heterocycles. The Hall–Kier alpha value is -2.85. The predicted octanol–water partition coefficient (Wildman–Crippen LogP) is 1.11. The Balaban J connectivity index is 1.72. The van der Waals surface area contributed by atoms with Gasteiger partial charge in [0, 0.05) is 26.7 Å². The molecule has 0 spiro atoms. The molecular weight excluding hydrogens is 356 g/mol. The van der Waals surface area contributed by atoms with Crippen LogP contribution in [0.15, 0.2) is 47.5 Å². The Bertz CT molecular complexity index is 1030. The van der Waals surface area contributed by atoms with E-state index in [9.17, 15) is 13.2 Å². The fourth-order valence-corrected chi connectivity index (χ4v) is 3.26. The first kappa shape index (κ1) is 18.0. The van der Waals surface area contributed by atoms with Gasteiger partial charge in [0.1, 0.15) is 11.3 Å². The monoisotopic (exact) mass is 374 g/mol. The Morgan fingerprint density at radius 2 is 2.04 bits per heavy atom. The first-order valence-corrected chi connectivity index (χ1v) is 9.28. The number of aromatic nitrogens is 4. The number of hydrogen-bond acceptors (Lipinski definition) is 6. The molecule has 2 heterocycles. The lowest BCUT2D eigenvalue weighted by Gasteiger charge is -2.11. The van der Waals surface area contributed by atoms with E-state index in [0.29, 0.717) is 23.4 Å². The summed E-state index contributed by atoms with van der Waals surface area (Å²) >= 11 is 0. The van der Waals surface area contributed by atoms with Crippen molar-refractivity contribution in [3.8, 4) is 0 Å². The van der Waals surface area contributed by atoms with Gasteiger partial charge in [-0.1, -0.05) is 11.3 Å². The zero-order valence-electron chi connectivity index (χ0n) is 14.3. The summed E-state index contributed by atoms with van der Waals surface area (Å²) in [6.07, 6.45) is 1.78. The van der Waals surface area contributed by atoms with Gasteiger partial charge in [-0.2, -0.15) is 0 Å². The molecule has 10 heteroatoms. The summed E-state index contributed by atoms with van der Waals surface area (Å²) in [7, 11) is -0.597. The number of nitrogens with zero attached hydrogens (tertiary/aromatic N) is 5. The van der Waals surface area contributed by atoms with Crippen molar-refractivity contribution in [3.63, 3.8) is 0 Å². The molecule has 1 amide bonds. The first-order chi connectivity index (χ1) is 12.4. The number of rotatable bonds is 6. The maximum absolute atomic E-state index is 12.2. The van der Waals surface area contributed by atoms with Crippen LogP contribution in [0.25, 0.3) is 11.0 Å². The Kier molecular flexibility index (Phi) is 4.96. The summed E-state index contributed by atoms with van der Waals surface area (Å²) in [5.74, 6) is 0.290. The molecule has 3 aromatic rings. The van der Waals surface area contributed by atoms with Crippen LogP contribution < -0.4 is 5.32 Å². The smallest absolute Gasteiger partial charge is 0.242 e. The van der Waals surface area contributed by atoms with Crippen molar-refractivity contribution >= 4 is 32.8 Å². The van der Waals surface area contributed by atoms with Crippen LogP contribution in [0, 0.1) is 0 Å². The van der Waals surface area contributed by atoms with Crippen molar-refractivity contribution < 1.29 is 13.2 Å². The van der Waals surface area contributed by atoms with Gasteiger partial charge in [0.05, 0.1) is 17.0 Å². The molecule has 0 fully saturated rings. The number of nitrogens with one attached hydrogen (secondary N) is 1. The summed E-state index contributed by atoms with van der Waals surface area (Å²) < 4.78 is 27.1. The van der Waals surface area contributed by atoms with E-state index in [2.05, 4.69) is 20.6 Å². The second-order valence-electron chi connectivity index (χ2n) is 5.76. The van der Waals surface area contributed by atoms with E-state index in [1.54, 1.807) is 35.1 Å². The van der Waals surface area contributed by atoms with Crippen LogP contribution in [0.1, 0.15) is 6.42 Å². The topological polar surface area (TPSA) is 110 Å². The lowest BCUT2D eigenvalue weighted by Crippen LogP contribution is -2.22. The third-order valence-electron chi connectivity index (χ3n) is 3.75. The molecule has 0 saturated heterocycles. The van der Waals surface area contributed by atoms with Gasteiger partial charge in [0.2, 0.25) is 15.9 Å². The maximum Gasteiger partial charge on any atom is 0.242 e. The number of benzene rings is 1. The van der Waals surface area contributed by atoms with Gasteiger partial charge < -0.3 is 5.32 Å².